The van der Waals surface area contributed by atoms with E-state index in [0.717, 1.165) is 0 Å². The molecule has 0 spiro atoms. The predicted octanol–water partition coefficient (Wildman–Crippen LogP) is 2.14. The van der Waals surface area contributed by atoms with E-state index in [9.17, 15) is 0 Å². The van der Waals surface area contributed by atoms with Crippen LogP contribution in [0.4, 0.5) is 0 Å². The average Bonchev–Trinajstić information content (AvgIpc) is 3.30. The summed E-state index contributed by atoms with van der Waals surface area (Å²) >= 11 is 0. The van der Waals surface area contributed by atoms with Gasteiger partial charge in [-0.25, -0.2) is 0 Å². The van der Waals surface area contributed by atoms with Gasteiger partial charge in [-0.15, -0.1) is 80.9 Å². The molecule has 4 rings (SSSR count). The number of rotatable bonds is 7. The van der Waals surface area contributed by atoms with Crippen LogP contribution in [0, 0.1) is 6.92 Å². The van der Waals surface area contributed by atoms with Crippen molar-refractivity contribution in [3.63, 3.8) is 0 Å². The van der Waals surface area contributed by atoms with Crippen LogP contribution in [-0.4, -0.2) is 12.3 Å². The molecular weight excluding hydrogens is 605 g/mol. The Hall–Kier alpha value is -0.460. The monoisotopic (exact) mass is 638 g/mol. The van der Waals surface area contributed by atoms with Crippen LogP contribution in [0.25, 0.3) is 21.5 Å². The maximum absolute atomic E-state index is 2.44. The first kappa shape index (κ1) is 30.5. The van der Waals surface area contributed by atoms with Crippen molar-refractivity contribution in [3.05, 3.63) is 78.4 Å². The minimum atomic E-state index is 0. The van der Waals surface area contributed by atoms with Crippen LogP contribution in [0.3, 0.4) is 0 Å². The molecule has 4 aromatic carbocycles. The summed E-state index contributed by atoms with van der Waals surface area (Å²) in [4.78, 5) is 0. The van der Waals surface area contributed by atoms with Crippen LogP contribution in [0.5, 0.6) is 0 Å². The zero-order chi connectivity index (χ0) is 19.8. The van der Waals surface area contributed by atoms with Gasteiger partial charge in [-0.3, -0.25) is 0 Å². The van der Waals surface area contributed by atoms with Gasteiger partial charge in [0.05, 0.1) is 0 Å². The standard InChI is InChI=1S/C17H24P.C10H9.2ClH.Hf/c1-3-5-11-18(12-6-4-2)17-13-15-9-7-8-10-16(15)14-17;1-8-6-9-4-2-3-5-10(9)7-8;;;/h7-10,13-14H,3-6,11-12H2,1-2H3;2-7H,1H3;2*1H;/q2*-1;;;+4/p-2. The Labute approximate surface area is 221 Å². The molecule has 0 aliphatic rings. The summed E-state index contributed by atoms with van der Waals surface area (Å²) in [6.07, 6.45) is 8.26. The molecule has 0 nitrogen and oxygen atoms in total. The molecule has 0 fully saturated rings. The van der Waals surface area contributed by atoms with Crippen molar-refractivity contribution in [2.75, 3.05) is 12.3 Å². The summed E-state index contributed by atoms with van der Waals surface area (Å²) < 4.78 is 0. The van der Waals surface area contributed by atoms with Crippen molar-refractivity contribution in [3.8, 4) is 0 Å². The Balaban J connectivity index is 0.000000596. The van der Waals surface area contributed by atoms with Crippen LogP contribution in [0.15, 0.2) is 72.8 Å². The molecule has 0 aromatic heterocycles. The van der Waals surface area contributed by atoms with Gasteiger partial charge in [0.1, 0.15) is 0 Å². The summed E-state index contributed by atoms with van der Waals surface area (Å²) in [5, 5.41) is 7.18. The molecule has 4 aromatic rings. The summed E-state index contributed by atoms with van der Waals surface area (Å²) in [6, 6.07) is 26.5. The first-order chi connectivity index (χ1) is 13.7. The fourth-order valence-corrected chi connectivity index (χ4v) is 6.47. The molecule has 164 valence electrons. The smallest absolute Gasteiger partial charge is 1.00 e. The maximum Gasteiger partial charge on any atom is 4.00 e. The molecule has 0 aliphatic heterocycles. The van der Waals surface area contributed by atoms with Gasteiger partial charge in [0.25, 0.3) is 0 Å². The number of unbranched alkanes of at least 4 members (excludes halogenated alkanes) is 2. The topological polar surface area (TPSA) is 0 Å². The fourth-order valence-electron chi connectivity index (χ4n) is 3.69. The molecule has 31 heavy (non-hydrogen) atoms. The van der Waals surface area contributed by atoms with Crippen LogP contribution in [0.1, 0.15) is 45.1 Å². The van der Waals surface area contributed by atoms with E-state index in [0.29, 0.717) is 0 Å². The maximum atomic E-state index is 2.44. The second kappa shape index (κ2) is 16.2. The first-order valence-electron chi connectivity index (χ1n) is 10.7. The van der Waals surface area contributed by atoms with Crippen LogP contribution < -0.4 is 30.1 Å². The molecule has 0 amide bonds. The molecule has 0 radical (unpaired) electrons. The van der Waals surface area contributed by atoms with Gasteiger partial charge in [-0.2, -0.15) is 12.1 Å². The molecule has 0 bridgehead atoms. The first-order valence-corrected chi connectivity index (χ1v) is 12.4. The van der Waals surface area contributed by atoms with Gasteiger partial charge < -0.3 is 24.8 Å². The van der Waals surface area contributed by atoms with Crippen molar-refractivity contribution in [2.45, 2.75) is 46.5 Å². The molecular formula is C27H33Cl2HfP. The van der Waals surface area contributed by atoms with Crippen LogP contribution in [0.2, 0.25) is 0 Å². The molecule has 0 unspecified atom stereocenters. The van der Waals surface area contributed by atoms with E-state index < -0.39 is 0 Å². The van der Waals surface area contributed by atoms with E-state index in [1.165, 1.54) is 65.1 Å². The number of aryl methyl sites for hydroxylation is 1. The fraction of sp³-hybridized carbons (Fsp3) is 0.333. The molecule has 0 saturated carbocycles. The zero-order valence-corrected chi connectivity index (χ0v) is 24.9. The third-order valence-electron chi connectivity index (χ3n) is 5.29. The van der Waals surface area contributed by atoms with Gasteiger partial charge in [0.2, 0.25) is 0 Å². The second-order valence-corrected chi connectivity index (χ2v) is 10.2. The Morgan fingerprint density at radius 1 is 0.710 bits per heavy atom. The van der Waals surface area contributed by atoms with Gasteiger partial charge >= 0.3 is 25.8 Å². The normalized spacial score (nSPS) is 10.1. The minimum Gasteiger partial charge on any atom is -1.00 e. The number of fused-ring (bicyclic) bond motifs is 2. The van der Waals surface area contributed by atoms with E-state index >= 15 is 0 Å². The number of hydrogen-bond donors (Lipinski definition) is 0. The van der Waals surface area contributed by atoms with Gasteiger partial charge in [-0.1, -0.05) is 53.7 Å². The van der Waals surface area contributed by atoms with Crippen LogP contribution >= 0.6 is 7.92 Å². The van der Waals surface area contributed by atoms with Crippen molar-refractivity contribution in [1.82, 2.24) is 0 Å². The van der Waals surface area contributed by atoms with E-state index in [4.69, 9.17) is 0 Å². The Kier molecular flexibility index (Phi) is 16.0. The zero-order valence-electron chi connectivity index (χ0n) is 18.9. The Bertz CT molecular complexity index is 915. The molecule has 4 heteroatoms. The van der Waals surface area contributed by atoms with Crippen molar-refractivity contribution in [2.24, 2.45) is 0 Å². The van der Waals surface area contributed by atoms with Gasteiger partial charge in [0, 0.05) is 0 Å². The quantitative estimate of drug-likeness (QED) is 0.166. The van der Waals surface area contributed by atoms with E-state index in [2.05, 4.69) is 93.6 Å². The Morgan fingerprint density at radius 3 is 1.68 bits per heavy atom. The van der Waals surface area contributed by atoms with Gasteiger partial charge in [-0.05, 0) is 25.2 Å². The third-order valence-corrected chi connectivity index (χ3v) is 7.99. The van der Waals surface area contributed by atoms with Crippen LogP contribution in [-0.2, 0) is 25.8 Å². The summed E-state index contributed by atoms with van der Waals surface area (Å²) in [6.45, 7) is 6.73. The SMILES string of the molecule is CCCCP(CCCC)c1cc2ccccc2[cH-]1.Cc1cc2ccccc2[cH-]1.[Cl-].[Cl-].[Hf+4]. The summed E-state index contributed by atoms with van der Waals surface area (Å²) in [5.41, 5.74) is 1.35. The molecule has 0 N–H and O–H groups in total. The summed E-state index contributed by atoms with van der Waals surface area (Å²) in [7, 11) is 0.0856. The second-order valence-electron chi connectivity index (χ2n) is 7.70. The predicted molar refractivity (Wildman–Crippen MR) is 130 cm³/mol. The molecule has 0 saturated heterocycles. The molecule has 0 heterocycles. The largest absolute Gasteiger partial charge is 4.00 e. The third kappa shape index (κ3) is 9.13. The van der Waals surface area contributed by atoms with E-state index in [-0.39, 0.29) is 58.6 Å². The number of halogens is 2. The Morgan fingerprint density at radius 2 is 1.19 bits per heavy atom. The number of hydrogen-bond acceptors (Lipinski definition) is 0. The minimum absolute atomic E-state index is 0. The summed E-state index contributed by atoms with van der Waals surface area (Å²) in [5.74, 6) is 0. The van der Waals surface area contributed by atoms with Gasteiger partial charge in [0.15, 0.2) is 0 Å². The van der Waals surface area contributed by atoms with E-state index in [1.54, 1.807) is 5.30 Å². The van der Waals surface area contributed by atoms with Crippen molar-refractivity contribution in [1.29, 1.82) is 0 Å². The molecule has 0 atom stereocenters. The van der Waals surface area contributed by atoms with E-state index in [1.807, 2.05) is 0 Å². The van der Waals surface area contributed by atoms with Crippen molar-refractivity contribution >= 4 is 34.8 Å². The number of benzene rings is 2. The average molecular weight is 638 g/mol. The molecule has 0 aliphatic carbocycles. The van der Waals surface area contributed by atoms with Crippen molar-refractivity contribution < 1.29 is 50.7 Å².